The first-order chi connectivity index (χ1) is 5.54. The van der Waals surface area contributed by atoms with Gasteiger partial charge in [0.1, 0.15) is 4.47 Å². The van der Waals surface area contributed by atoms with E-state index < -0.39 is 10.7 Å². The molecule has 0 spiro atoms. The van der Waals surface area contributed by atoms with Crippen molar-refractivity contribution in [1.29, 1.82) is 0 Å². The topological polar surface area (TPSA) is 43.1 Å². The average molecular weight is 252 g/mol. The molecule has 0 aromatic heterocycles. The molecule has 0 saturated carbocycles. The van der Waals surface area contributed by atoms with Gasteiger partial charge < -0.3 is 0 Å². The van der Waals surface area contributed by atoms with E-state index in [1.165, 1.54) is 12.1 Å². The summed E-state index contributed by atoms with van der Waals surface area (Å²) >= 11 is 6.52. The smallest absolute Gasteiger partial charge is 0.258 e. The minimum absolute atomic E-state index is 0.0764. The van der Waals surface area contributed by atoms with Gasteiger partial charge in [-0.3, -0.25) is 10.1 Å². The van der Waals surface area contributed by atoms with Gasteiger partial charge in [0.05, 0.1) is 4.92 Å². The normalized spacial score (nSPS) is 9.92. The van der Waals surface area contributed by atoms with E-state index in [1.54, 1.807) is 0 Å². The summed E-state index contributed by atoms with van der Waals surface area (Å²) in [6, 6.07) is 2.43. The lowest BCUT2D eigenvalue weighted by atomic mass is 10.3. The van der Waals surface area contributed by atoms with Gasteiger partial charge in [0.25, 0.3) is 5.69 Å². The zero-order chi connectivity index (χ0) is 9.30. The van der Waals surface area contributed by atoms with Gasteiger partial charge >= 0.3 is 0 Å². The van der Waals surface area contributed by atoms with Crippen LogP contribution in [-0.4, -0.2) is 4.92 Å². The van der Waals surface area contributed by atoms with Gasteiger partial charge in [0.2, 0.25) is 0 Å². The number of halogens is 2. The van der Waals surface area contributed by atoms with E-state index in [0.717, 1.165) is 0 Å². The summed E-state index contributed by atoms with van der Waals surface area (Å²) in [5.74, 6) is -0.715. The Morgan fingerprint density at radius 3 is 2.67 bits per heavy atom. The van der Waals surface area contributed by atoms with Crippen LogP contribution >= 0.6 is 28.6 Å². The molecular weight excluding hydrogens is 249 g/mol. The molecule has 1 aromatic rings. The van der Waals surface area contributed by atoms with Gasteiger partial charge in [-0.15, -0.1) is 12.6 Å². The predicted molar refractivity (Wildman–Crippen MR) is 48.0 cm³/mol. The highest BCUT2D eigenvalue weighted by Crippen LogP contribution is 2.30. The average Bonchev–Trinajstić information content (AvgIpc) is 2.00. The Bertz CT molecular complexity index is 345. The number of hydrogen-bond donors (Lipinski definition) is 1. The van der Waals surface area contributed by atoms with E-state index in [4.69, 9.17) is 0 Å². The number of thiol groups is 1. The molecule has 0 fully saturated rings. The molecule has 0 N–H and O–H groups in total. The lowest BCUT2D eigenvalue weighted by Gasteiger charge is -1.98. The molecular formula is C6H3BrFNO2S. The highest BCUT2D eigenvalue weighted by atomic mass is 79.9. The van der Waals surface area contributed by atoms with Gasteiger partial charge in [0.15, 0.2) is 5.82 Å². The SMILES string of the molecule is O=[N+]([O-])c1ccc(S)c(F)c1Br. The van der Waals surface area contributed by atoms with Gasteiger partial charge in [-0.1, -0.05) is 0 Å². The van der Waals surface area contributed by atoms with Gasteiger partial charge in [-0.2, -0.15) is 0 Å². The third-order valence-corrected chi connectivity index (χ3v) is 2.34. The Kier molecular flexibility index (Phi) is 2.69. The lowest BCUT2D eigenvalue weighted by Crippen LogP contribution is -1.92. The number of nitro benzene ring substituents is 1. The first-order valence-corrected chi connectivity index (χ1v) is 4.09. The number of benzene rings is 1. The molecule has 0 saturated heterocycles. The number of nitro groups is 1. The molecule has 0 heterocycles. The quantitative estimate of drug-likeness (QED) is 0.474. The first-order valence-electron chi connectivity index (χ1n) is 2.85. The molecule has 6 heteroatoms. The summed E-state index contributed by atoms with van der Waals surface area (Å²) < 4.78 is 12.8. The third-order valence-electron chi connectivity index (χ3n) is 1.24. The second-order valence-corrected chi connectivity index (χ2v) is 3.26. The maximum Gasteiger partial charge on any atom is 0.286 e. The maximum absolute atomic E-state index is 12.9. The fourth-order valence-electron chi connectivity index (χ4n) is 0.670. The molecule has 1 aromatic carbocycles. The van der Waals surface area contributed by atoms with Crippen LogP contribution in [0.1, 0.15) is 0 Å². The summed E-state index contributed by atoms with van der Waals surface area (Å²) in [5.41, 5.74) is -0.301. The molecule has 0 aliphatic carbocycles. The predicted octanol–water partition coefficient (Wildman–Crippen LogP) is 2.79. The molecule has 0 unspecified atom stereocenters. The molecule has 64 valence electrons. The first kappa shape index (κ1) is 9.47. The maximum atomic E-state index is 12.9. The number of hydrogen-bond acceptors (Lipinski definition) is 3. The molecule has 1 rings (SSSR count). The van der Waals surface area contributed by atoms with Crippen molar-refractivity contribution in [2.24, 2.45) is 0 Å². The van der Waals surface area contributed by atoms with Crippen molar-refractivity contribution < 1.29 is 9.31 Å². The van der Waals surface area contributed by atoms with Crippen LogP contribution in [0.3, 0.4) is 0 Å². The monoisotopic (exact) mass is 251 g/mol. The third kappa shape index (κ3) is 1.59. The van der Waals surface area contributed by atoms with Crippen molar-refractivity contribution in [3.05, 3.63) is 32.5 Å². The Morgan fingerprint density at radius 2 is 2.17 bits per heavy atom. The van der Waals surface area contributed by atoms with Gasteiger partial charge in [-0.25, -0.2) is 4.39 Å². The van der Waals surface area contributed by atoms with Crippen molar-refractivity contribution in [2.75, 3.05) is 0 Å². The van der Waals surface area contributed by atoms with Crippen LogP contribution in [0.5, 0.6) is 0 Å². The summed E-state index contributed by atoms with van der Waals surface area (Å²) in [5, 5.41) is 10.3. The molecule has 0 radical (unpaired) electrons. The van der Waals surface area contributed by atoms with Crippen LogP contribution in [-0.2, 0) is 0 Å². The minimum atomic E-state index is -0.715. The largest absolute Gasteiger partial charge is 0.286 e. The Labute approximate surface area is 81.3 Å². The fraction of sp³-hybridized carbons (Fsp3) is 0. The van der Waals surface area contributed by atoms with Crippen LogP contribution in [0.25, 0.3) is 0 Å². The van der Waals surface area contributed by atoms with Crippen molar-refractivity contribution >= 4 is 34.2 Å². The van der Waals surface area contributed by atoms with Gasteiger partial charge in [-0.05, 0) is 22.0 Å². The van der Waals surface area contributed by atoms with E-state index >= 15 is 0 Å². The van der Waals surface area contributed by atoms with Crippen LogP contribution in [0, 0.1) is 15.9 Å². The van der Waals surface area contributed by atoms with Crippen molar-refractivity contribution in [3.8, 4) is 0 Å². The van der Waals surface area contributed by atoms with E-state index in [0.29, 0.717) is 0 Å². The number of rotatable bonds is 1. The van der Waals surface area contributed by atoms with Crippen LogP contribution in [0.15, 0.2) is 21.5 Å². The fourth-order valence-corrected chi connectivity index (χ4v) is 1.50. The summed E-state index contributed by atoms with van der Waals surface area (Å²) in [6.45, 7) is 0. The molecule has 3 nitrogen and oxygen atoms in total. The highest BCUT2D eigenvalue weighted by Gasteiger charge is 2.17. The highest BCUT2D eigenvalue weighted by molar-refractivity contribution is 9.10. The summed E-state index contributed by atoms with van der Waals surface area (Å²) in [6.07, 6.45) is 0. The summed E-state index contributed by atoms with van der Waals surface area (Å²) in [4.78, 5) is 9.68. The minimum Gasteiger partial charge on any atom is -0.258 e. The standard InChI is InChI=1S/C6H3BrFNO2S/c7-5-3(9(10)11)1-2-4(12)6(5)8/h1-2,12H. The molecule has 0 atom stereocenters. The lowest BCUT2D eigenvalue weighted by molar-refractivity contribution is -0.385. The molecule has 0 amide bonds. The van der Waals surface area contributed by atoms with E-state index in [2.05, 4.69) is 28.6 Å². The van der Waals surface area contributed by atoms with Crippen molar-refractivity contribution in [2.45, 2.75) is 4.90 Å². The molecule has 0 bridgehead atoms. The van der Waals surface area contributed by atoms with E-state index in [1.807, 2.05) is 0 Å². The van der Waals surface area contributed by atoms with Crippen molar-refractivity contribution in [1.82, 2.24) is 0 Å². The molecule has 12 heavy (non-hydrogen) atoms. The van der Waals surface area contributed by atoms with Crippen LogP contribution < -0.4 is 0 Å². The second-order valence-electron chi connectivity index (χ2n) is 1.99. The zero-order valence-corrected chi connectivity index (χ0v) is 8.10. The molecule has 0 aliphatic rings. The van der Waals surface area contributed by atoms with Crippen LogP contribution in [0.4, 0.5) is 10.1 Å². The molecule has 0 aliphatic heterocycles. The second kappa shape index (κ2) is 3.40. The van der Waals surface area contributed by atoms with E-state index in [9.17, 15) is 14.5 Å². The Balaban J connectivity index is 3.36. The Hall–Kier alpha value is -0.620. The summed E-state index contributed by atoms with van der Waals surface area (Å²) in [7, 11) is 0. The van der Waals surface area contributed by atoms with E-state index in [-0.39, 0.29) is 15.1 Å². The van der Waals surface area contributed by atoms with Crippen molar-refractivity contribution in [3.63, 3.8) is 0 Å². The number of nitrogens with zero attached hydrogens (tertiary/aromatic N) is 1. The Morgan fingerprint density at radius 1 is 1.58 bits per heavy atom. The zero-order valence-electron chi connectivity index (χ0n) is 5.62. The van der Waals surface area contributed by atoms with Crippen LogP contribution in [0.2, 0.25) is 0 Å². The van der Waals surface area contributed by atoms with Gasteiger partial charge in [0, 0.05) is 11.0 Å².